The Bertz CT molecular complexity index is 1280. The van der Waals surface area contributed by atoms with Crippen LogP contribution in [0.2, 0.25) is 5.02 Å². The van der Waals surface area contributed by atoms with Crippen molar-refractivity contribution in [3.05, 3.63) is 100 Å². The van der Waals surface area contributed by atoms with Gasteiger partial charge in [-0.3, -0.25) is 14.5 Å². The Morgan fingerprint density at radius 1 is 1.00 bits per heavy atom. The average Bonchev–Trinajstić information content (AvgIpc) is 3.04. The molecule has 3 aromatic carbocycles. The Labute approximate surface area is 197 Å². The summed E-state index contributed by atoms with van der Waals surface area (Å²) in [7, 11) is 0. The maximum Gasteiger partial charge on any atom is 0.573 e. The summed E-state index contributed by atoms with van der Waals surface area (Å²) in [6, 6.07) is 16.7. The lowest BCUT2D eigenvalue weighted by Crippen LogP contribution is -2.29. The van der Waals surface area contributed by atoms with Crippen molar-refractivity contribution in [2.45, 2.75) is 19.3 Å². The van der Waals surface area contributed by atoms with Crippen molar-refractivity contribution < 1.29 is 32.6 Å². The molecule has 1 aliphatic rings. The standard InChI is InChI=1S/C25H17ClF3NO4/c1-14-3-2-4-16(13-14)21-20(22(31)15-5-7-17(26)8-6-15)23(32)24(33)30(21)18-9-11-19(12-10-18)34-25(27,28)29/h2-13,21,31H,1H3/b22-20-. The van der Waals surface area contributed by atoms with E-state index in [1.54, 1.807) is 18.2 Å². The van der Waals surface area contributed by atoms with Crippen LogP contribution < -0.4 is 9.64 Å². The van der Waals surface area contributed by atoms with E-state index in [0.717, 1.165) is 22.6 Å². The molecule has 0 saturated carbocycles. The van der Waals surface area contributed by atoms with E-state index in [4.69, 9.17) is 11.6 Å². The zero-order valence-corrected chi connectivity index (χ0v) is 18.4. The molecule has 9 heteroatoms. The highest BCUT2D eigenvalue weighted by molar-refractivity contribution is 6.51. The number of carbonyl (C=O) groups is 2. The van der Waals surface area contributed by atoms with Crippen LogP contribution in [-0.2, 0) is 9.59 Å². The molecule has 4 rings (SSSR count). The Balaban J connectivity index is 1.86. The molecule has 0 aliphatic carbocycles. The predicted octanol–water partition coefficient (Wildman–Crippen LogP) is 6.17. The van der Waals surface area contributed by atoms with E-state index < -0.39 is 29.8 Å². The summed E-state index contributed by atoms with van der Waals surface area (Å²) < 4.78 is 41.5. The van der Waals surface area contributed by atoms with Crippen molar-refractivity contribution in [3.63, 3.8) is 0 Å². The zero-order valence-electron chi connectivity index (χ0n) is 17.6. The Morgan fingerprint density at radius 2 is 1.65 bits per heavy atom. The number of carbonyl (C=O) groups excluding carboxylic acids is 2. The first-order chi connectivity index (χ1) is 16.0. The normalized spacial score (nSPS) is 17.8. The number of nitrogens with zero attached hydrogens (tertiary/aromatic N) is 1. The van der Waals surface area contributed by atoms with Crippen molar-refractivity contribution in [3.8, 4) is 5.75 Å². The van der Waals surface area contributed by atoms with Gasteiger partial charge in [0.05, 0.1) is 11.6 Å². The van der Waals surface area contributed by atoms with Crippen molar-refractivity contribution in [2.24, 2.45) is 0 Å². The molecule has 1 fully saturated rings. The predicted molar refractivity (Wildman–Crippen MR) is 121 cm³/mol. The maximum absolute atomic E-state index is 13.1. The molecule has 1 saturated heterocycles. The zero-order chi connectivity index (χ0) is 24.6. The number of anilines is 1. The number of hydrogen-bond donors (Lipinski definition) is 1. The second kappa shape index (κ2) is 8.87. The largest absolute Gasteiger partial charge is 0.573 e. The van der Waals surface area contributed by atoms with Gasteiger partial charge < -0.3 is 9.84 Å². The van der Waals surface area contributed by atoms with Crippen molar-refractivity contribution >= 4 is 34.7 Å². The fourth-order valence-corrected chi connectivity index (χ4v) is 3.95. The topological polar surface area (TPSA) is 66.8 Å². The van der Waals surface area contributed by atoms with E-state index in [9.17, 15) is 27.9 Å². The molecular formula is C25H17ClF3NO4. The van der Waals surface area contributed by atoms with Gasteiger partial charge in [-0.15, -0.1) is 13.2 Å². The van der Waals surface area contributed by atoms with Gasteiger partial charge in [0.25, 0.3) is 11.7 Å². The molecule has 1 heterocycles. The summed E-state index contributed by atoms with van der Waals surface area (Å²) in [6.45, 7) is 1.83. The molecule has 0 radical (unpaired) electrons. The number of benzene rings is 3. The number of rotatable bonds is 4. The minimum Gasteiger partial charge on any atom is -0.507 e. The van der Waals surface area contributed by atoms with Gasteiger partial charge in [-0.2, -0.15) is 0 Å². The molecule has 1 N–H and O–H groups in total. The SMILES string of the molecule is Cc1cccc(C2/C(=C(/O)c3ccc(Cl)cc3)C(=O)C(=O)N2c2ccc(OC(F)(F)F)cc2)c1. The van der Waals surface area contributed by atoms with Crippen LogP contribution >= 0.6 is 11.6 Å². The van der Waals surface area contributed by atoms with Crippen LogP contribution in [-0.4, -0.2) is 23.2 Å². The summed E-state index contributed by atoms with van der Waals surface area (Å²) in [5.41, 5.74) is 1.70. The third kappa shape index (κ3) is 4.63. The molecule has 174 valence electrons. The Morgan fingerprint density at radius 3 is 2.24 bits per heavy atom. The van der Waals surface area contributed by atoms with Crippen LogP contribution in [0.3, 0.4) is 0 Å². The second-order valence-corrected chi connectivity index (χ2v) is 8.07. The fourth-order valence-electron chi connectivity index (χ4n) is 3.83. The third-order valence-corrected chi connectivity index (χ3v) is 5.52. The van der Waals surface area contributed by atoms with Gasteiger partial charge in [-0.1, -0.05) is 41.4 Å². The minimum atomic E-state index is -4.87. The molecule has 3 aromatic rings. The Kier molecular flexibility index (Phi) is 6.10. The van der Waals surface area contributed by atoms with E-state index >= 15 is 0 Å². The van der Waals surface area contributed by atoms with Crippen LogP contribution in [0.25, 0.3) is 5.76 Å². The Hall–Kier alpha value is -3.78. The molecule has 0 spiro atoms. The molecule has 1 aliphatic heterocycles. The highest BCUT2D eigenvalue weighted by Gasteiger charge is 2.47. The molecule has 0 bridgehead atoms. The summed E-state index contributed by atoms with van der Waals surface area (Å²) in [5, 5.41) is 11.5. The fraction of sp³-hybridized carbons (Fsp3) is 0.120. The van der Waals surface area contributed by atoms with E-state index in [-0.39, 0.29) is 22.6 Å². The summed E-state index contributed by atoms with van der Waals surface area (Å²) >= 11 is 5.92. The quantitative estimate of drug-likeness (QED) is 0.271. The average molecular weight is 488 g/mol. The lowest BCUT2D eigenvalue weighted by molar-refractivity contribution is -0.274. The number of aliphatic hydroxyl groups is 1. The van der Waals surface area contributed by atoms with E-state index in [0.29, 0.717) is 10.6 Å². The first-order valence-electron chi connectivity index (χ1n) is 10.0. The molecule has 5 nitrogen and oxygen atoms in total. The maximum atomic E-state index is 13.1. The molecule has 34 heavy (non-hydrogen) atoms. The van der Waals surface area contributed by atoms with Crippen molar-refractivity contribution in [2.75, 3.05) is 4.90 Å². The number of aryl methyl sites for hydroxylation is 1. The number of hydrogen-bond acceptors (Lipinski definition) is 4. The number of halogens is 4. The number of ether oxygens (including phenoxy) is 1. The van der Waals surface area contributed by atoms with E-state index in [1.807, 2.05) is 13.0 Å². The summed E-state index contributed by atoms with van der Waals surface area (Å²) in [6.07, 6.45) is -4.87. The summed E-state index contributed by atoms with van der Waals surface area (Å²) in [4.78, 5) is 27.3. The van der Waals surface area contributed by atoms with Gasteiger partial charge in [0.1, 0.15) is 11.5 Å². The van der Waals surface area contributed by atoms with Crippen LogP contribution in [0.4, 0.5) is 18.9 Å². The lowest BCUT2D eigenvalue weighted by Gasteiger charge is -2.26. The van der Waals surface area contributed by atoms with Gasteiger partial charge in [-0.25, -0.2) is 0 Å². The molecule has 1 amide bonds. The van der Waals surface area contributed by atoms with Crippen molar-refractivity contribution in [1.29, 1.82) is 0 Å². The van der Waals surface area contributed by atoms with Crippen LogP contribution in [0.1, 0.15) is 22.7 Å². The number of aliphatic hydroxyl groups excluding tert-OH is 1. The lowest BCUT2D eigenvalue weighted by atomic mass is 9.94. The van der Waals surface area contributed by atoms with Crippen LogP contribution in [0.5, 0.6) is 5.75 Å². The monoisotopic (exact) mass is 487 g/mol. The third-order valence-electron chi connectivity index (χ3n) is 5.27. The molecule has 0 aromatic heterocycles. The highest BCUT2D eigenvalue weighted by Crippen LogP contribution is 2.42. The van der Waals surface area contributed by atoms with E-state index in [2.05, 4.69) is 4.74 Å². The van der Waals surface area contributed by atoms with Crippen LogP contribution in [0.15, 0.2) is 78.4 Å². The molecular weight excluding hydrogens is 471 g/mol. The minimum absolute atomic E-state index is 0.145. The van der Waals surface area contributed by atoms with Gasteiger partial charge in [0.15, 0.2) is 0 Å². The first kappa shape index (κ1) is 23.4. The second-order valence-electron chi connectivity index (χ2n) is 7.63. The van der Waals surface area contributed by atoms with E-state index in [1.165, 1.54) is 36.4 Å². The number of alkyl halides is 3. The molecule has 1 unspecified atom stereocenters. The highest BCUT2D eigenvalue weighted by atomic mass is 35.5. The van der Waals surface area contributed by atoms with Gasteiger partial charge in [0, 0.05) is 16.3 Å². The molecule has 1 atom stereocenters. The number of Topliss-reactive ketones (excluding diaryl/α,β-unsaturated/α-hetero) is 1. The number of ketones is 1. The van der Waals surface area contributed by atoms with Gasteiger partial charge in [0.2, 0.25) is 0 Å². The van der Waals surface area contributed by atoms with Crippen LogP contribution in [0, 0.1) is 6.92 Å². The van der Waals surface area contributed by atoms with Crippen molar-refractivity contribution in [1.82, 2.24) is 0 Å². The number of amides is 1. The first-order valence-corrected chi connectivity index (χ1v) is 10.4. The summed E-state index contributed by atoms with van der Waals surface area (Å²) in [5.74, 6) is -2.71. The smallest absolute Gasteiger partial charge is 0.507 e. The van der Waals surface area contributed by atoms with Gasteiger partial charge >= 0.3 is 6.36 Å². The van der Waals surface area contributed by atoms with Gasteiger partial charge in [-0.05, 0) is 61.0 Å².